The highest BCUT2D eigenvalue weighted by Crippen LogP contribution is 2.34. The maximum Gasteiger partial charge on any atom is 0.409 e. The number of hydrogen-bond donors (Lipinski definition) is 1. The predicted molar refractivity (Wildman–Crippen MR) is 197 cm³/mol. The highest BCUT2D eigenvalue weighted by atomic mass is 32.3. The lowest BCUT2D eigenvalue weighted by atomic mass is 10.0. The third-order valence-electron chi connectivity index (χ3n) is 7.66. The molecule has 274 valence electrons. The Bertz CT molecular complexity index is 2370. The van der Waals surface area contributed by atoms with E-state index < -0.39 is 49.9 Å². The number of nitrogens with one attached hydrogen (secondary N) is 1. The van der Waals surface area contributed by atoms with Crippen molar-refractivity contribution >= 4 is 42.8 Å². The van der Waals surface area contributed by atoms with Crippen LogP contribution in [0.15, 0.2) is 116 Å². The van der Waals surface area contributed by atoms with Gasteiger partial charge < -0.3 is 18.6 Å². The van der Waals surface area contributed by atoms with Crippen LogP contribution in [0.4, 0.5) is 10.5 Å². The Kier molecular flexibility index (Phi) is 10.8. The number of benzene rings is 4. The van der Waals surface area contributed by atoms with E-state index in [4.69, 9.17) is 18.6 Å². The molecule has 2 atom stereocenters. The molecule has 1 aromatic heterocycles. The summed E-state index contributed by atoms with van der Waals surface area (Å²) in [6, 6.07) is 23.7. The number of fused-ring (bicyclic) bond motifs is 1. The SMILES string of the molecule is Cc1ccc(S(=O)(=O)N(c2ccc3oc(=O)c(-c4ccccc4C)cc3c2)S(=O)(=O)c2ccc(OC(C)OC(C)NC(=O)OC(C)(C)C)cc2)cc1. The van der Waals surface area contributed by atoms with Crippen LogP contribution in [-0.2, 0) is 29.5 Å². The van der Waals surface area contributed by atoms with Gasteiger partial charge in [0.1, 0.15) is 23.2 Å². The minimum Gasteiger partial charge on any atom is -0.465 e. The van der Waals surface area contributed by atoms with Crippen molar-refractivity contribution in [3.05, 3.63) is 119 Å². The van der Waals surface area contributed by atoms with Crippen LogP contribution in [0.3, 0.4) is 0 Å². The van der Waals surface area contributed by atoms with Gasteiger partial charge in [-0.05, 0) is 120 Å². The predicted octanol–water partition coefficient (Wildman–Crippen LogP) is 7.27. The standard InChI is InChI=1S/C38H40N2O10S2/c1-24-12-17-31(18-13-24)51(43,44)40(29-14-21-35-28(22-29)23-34(36(41)49-35)33-11-9-8-10-25(33)2)52(45,46)32-19-15-30(16-20-32)48-27(4)47-26(3)39-37(42)50-38(5,6)7/h8-23,26-27H,1-7H3,(H,39,42). The Labute approximate surface area is 303 Å². The van der Waals surface area contributed by atoms with Crippen molar-refractivity contribution in [2.24, 2.45) is 0 Å². The van der Waals surface area contributed by atoms with Crippen molar-refractivity contribution in [3.63, 3.8) is 0 Å². The Morgan fingerprint density at radius 1 is 0.788 bits per heavy atom. The summed E-state index contributed by atoms with van der Waals surface area (Å²) in [6.45, 7) is 12.0. The Hall–Kier alpha value is -5.18. The summed E-state index contributed by atoms with van der Waals surface area (Å²) in [5.41, 5.74) is 1.11. The topological polar surface area (TPSA) is 159 Å². The van der Waals surface area contributed by atoms with Gasteiger partial charge in [0, 0.05) is 5.39 Å². The third kappa shape index (κ3) is 8.64. The maximum atomic E-state index is 14.4. The van der Waals surface area contributed by atoms with Crippen molar-refractivity contribution in [3.8, 4) is 16.9 Å². The van der Waals surface area contributed by atoms with E-state index in [-0.39, 0.29) is 32.4 Å². The van der Waals surface area contributed by atoms with Gasteiger partial charge in [-0.1, -0.05) is 42.0 Å². The number of carbonyl (C=O) groups excluding carboxylic acids is 1. The number of ether oxygens (including phenoxy) is 3. The molecule has 0 saturated carbocycles. The molecular formula is C38H40N2O10S2. The molecule has 0 fully saturated rings. The van der Waals surface area contributed by atoms with Gasteiger partial charge in [0.05, 0.1) is 21.0 Å². The van der Waals surface area contributed by atoms with Crippen LogP contribution in [0.5, 0.6) is 5.75 Å². The quantitative estimate of drug-likeness (QED) is 0.108. The van der Waals surface area contributed by atoms with Crippen LogP contribution in [0, 0.1) is 13.8 Å². The van der Waals surface area contributed by atoms with E-state index in [1.54, 1.807) is 71.9 Å². The summed E-state index contributed by atoms with van der Waals surface area (Å²) in [5, 5.41) is 2.85. The highest BCUT2D eigenvalue weighted by molar-refractivity contribution is 8.10. The van der Waals surface area contributed by atoms with Gasteiger partial charge in [-0.25, -0.2) is 26.4 Å². The first-order valence-electron chi connectivity index (χ1n) is 16.3. The minimum absolute atomic E-state index is 0.143. The summed E-state index contributed by atoms with van der Waals surface area (Å²) in [7, 11) is -9.53. The van der Waals surface area contributed by atoms with E-state index in [1.807, 2.05) is 19.1 Å². The molecule has 0 saturated heterocycles. The molecule has 52 heavy (non-hydrogen) atoms. The number of hydrogen-bond acceptors (Lipinski definition) is 10. The van der Waals surface area contributed by atoms with E-state index in [0.29, 0.717) is 14.7 Å². The average molecular weight is 749 g/mol. The first-order valence-corrected chi connectivity index (χ1v) is 19.2. The Morgan fingerprint density at radius 3 is 1.98 bits per heavy atom. The first-order chi connectivity index (χ1) is 24.3. The molecule has 0 bridgehead atoms. The summed E-state index contributed by atoms with van der Waals surface area (Å²) in [5.74, 6) is 0.216. The molecule has 0 radical (unpaired) electrons. The second-order valence-electron chi connectivity index (χ2n) is 13.1. The average Bonchev–Trinajstić information content (AvgIpc) is 3.04. The van der Waals surface area contributed by atoms with Gasteiger partial charge in [0.25, 0.3) is 20.0 Å². The number of anilines is 1. The van der Waals surface area contributed by atoms with Crippen molar-refractivity contribution in [1.82, 2.24) is 5.32 Å². The summed E-state index contributed by atoms with van der Waals surface area (Å²) in [6.07, 6.45) is -2.34. The zero-order chi connectivity index (χ0) is 38.0. The minimum atomic E-state index is -4.80. The molecule has 12 nitrogen and oxygen atoms in total. The second kappa shape index (κ2) is 14.8. The van der Waals surface area contributed by atoms with E-state index in [1.165, 1.54) is 54.6 Å². The lowest BCUT2D eigenvalue weighted by Crippen LogP contribution is -2.41. The van der Waals surface area contributed by atoms with E-state index in [0.717, 1.165) is 11.1 Å². The molecule has 0 aliphatic rings. The van der Waals surface area contributed by atoms with Gasteiger partial charge >= 0.3 is 11.7 Å². The number of amides is 1. The fraction of sp³-hybridized carbons (Fsp3) is 0.263. The summed E-state index contributed by atoms with van der Waals surface area (Å²) < 4.78 is 79.8. The molecule has 2 unspecified atom stereocenters. The lowest BCUT2D eigenvalue weighted by Gasteiger charge is -2.25. The van der Waals surface area contributed by atoms with Crippen molar-refractivity contribution < 1.29 is 40.3 Å². The largest absolute Gasteiger partial charge is 0.465 e. The van der Waals surface area contributed by atoms with Gasteiger partial charge in [0.15, 0.2) is 6.29 Å². The van der Waals surface area contributed by atoms with Gasteiger partial charge in [-0.3, -0.25) is 5.32 Å². The molecule has 1 N–H and O–H groups in total. The molecule has 5 aromatic rings. The molecule has 1 amide bonds. The fourth-order valence-corrected chi connectivity index (χ4v) is 8.98. The molecular weight excluding hydrogens is 709 g/mol. The summed E-state index contributed by atoms with van der Waals surface area (Å²) in [4.78, 5) is 24.4. The fourth-order valence-electron chi connectivity index (χ4n) is 5.30. The van der Waals surface area contributed by atoms with Crippen LogP contribution in [0.25, 0.3) is 22.1 Å². The monoisotopic (exact) mass is 748 g/mol. The molecule has 0 spiro atoms. The van der Waals surface area contributed by atoms with Crippen LogP contribution < -0.4 is 19.4 Å². The van der Waals surface area contributed by atoms with Crippen molar-refractivity contribution in [2.45, 2.75) is 76.4 Å². The van der Waals surface area contributed by atoms with Gasteiger partial charge in [0.2, 0.25) is 0 Å². The normalized spacial score (nSPS) is 13.3. The number of alkyl carbamates (subject to hydrolysis) is 1. The van der Waals surface area contributed by atoms with Gasteiger partial charge in [-0.15, -0.1) is 0 Å². The lowest BCUT2D eigenvalue weighted by molar-refractivity contribution is -0.111. The van der Waals surface area contributed by atoms with Crippen LogP contribution in [0.2, 0.25) is 0 Å². The summed E-state index contributed by atoms with van der Waals surface area (Å²) >= 11 is 0. The molecule has 5 rings (SSSR count). The van der Waals surface area contributed by atoms with E-state index in [2.05, 4.69) is 5.32 Å². The number of nitrogens with zero attached hydrogens (tertiary/aromatic N) is 1. The molecule has 14 heteroatoms. The highest BCUT2D eigenvalue weighted by Gasteiger charge is 2.37. The van der Waals surface area contributed by atoms with E-state index >= 15 is 0 Å². The first kappa shape index (κ1) is 38.1. The van der Waals surface area contributed by atoms with Crippen molar-refractivity contribution in [1.29, 1.82) is 0 Å². The van der Waals surface area contributed by atoms with Gasteiger partial charge in [-0.2, -0.15) is 3.71 Å². The Morgan fingerprint density at radius 2 is 1.38 bits per heavy atom. The smallest absolute Gasteiger partial charge is 0.409 e. The molecule has 4 aromatic carbocycles. The zero-order valence-electron chi connectivity index (χ0n) is 29.7. The molecule has 1 heterocycles. The van der Waals surface area contributed by atoms with E-state index in [9.17, 15) is 26.4 Å². The van der Waals surface area contributed by atoms with Crippen LogP contribution in [0.1, 0.15) is 45.7 Å². The Balaban J connectivity index is 1.49. The number of rotatable bonds is 11. The second-order valence-corrected chi connectivity index (χ2v) is 16.9. The number of sulfonamides is 2. The van der Waals surface area contributed by atoms with Crippen LogP contribution in [-0.4, -0.2) is 41.0 Å². The number of aryl methyl sites for hydroxylation is 2. The maximum absolute atomic E-state index is 14.4. The molecule has 0 aliphatic carbocycles. The number of carbonyl (C=O) groups is 1. The van der Waals surface area contributed by atoms with Crippen LogP contribution >= 0.6 is 0 Å². The third-order valence-corrected chi connectivity index (χ3v) is 11.9. The molecule has 0 aliphatic heterocycles. The van der Waals surface area contributed by atoms with Crippen molar-refractivity contribution in [2.75, 3.05) is 3.71 Å². The zero-order valence-corrected chi connectivity index (χ0v) is 31.4.